The van der Waals surface area contributed by atoms with Crippen molar-refractivity contribution < 1.29 is 4.79 Å². The van der Waals surface area contributed by atoms with Gasteiger partial charge >= 0.3 is 0 Å². The Morgan fingerprint density at radius 2 is 2.10 bits per heavy atom. The highest BCUT2D eigenvalue weighted by Crippen LogP contribution is 2.43. The lowest BCUT2D eigenvalue weighted by Gasteiger charge is -2.39. The van der Waals surface area contributed by atoms with E-state index in [1.807, 2.05) is 17.9 Å². The Morgan fingerprint density at radius 3 is 2.81 bits per heavy atom. The summed E-state index contributed by atoms with van der Waals surface area (Å²) in [5, 5.41) is 0. The molecule has 21 heavy (non-hydrogen) atoms. The van der Waals surface area contributed by atoms with Crippen molar-refractivity contribution in [2.45, 2.75) is 52.9 Å². The van der Waals surface area contributed by atoms with Crippen LogP contribution in [0.15, 0.2) is 12.1 Å². The quantitative estimate of drug-likeness (QED) is 0.800. The monoisotopic (exact) mass is 286 g/mol. The van der Waals surface area contributed by atoms with E-state index in [1.54, 1.807) is 0 Å². The molecule has 114 valence electrons. The van der Waals surface area contributed by atoms with Crippen LogP contribution in [0.2, 0.25) is 0 Å². The SMILES string of the molecule is Cc1cc2c(cc1N)N(C(=O)C1CCCCC1(C)C)CC2. The number of carbonyl (C=O) groups is 1. The van der Waals surface area contributed by atoms with E-state index < -0.39 is 0 Å². The number of benzene rings is 1. The summed E-state index contributed by atoms with van der Waals surface area (Å²) in [4.78, 5) is 15.0. The summed E-state index contributed by atoms with van der Waals surface area (Å²) in [6.07, 6.45) is 5.56. The molecular weight excluding hydrogens is 260 g/mol. The molecule has 1 aliphatic carbocycles. The van der Waals surface area contributed by atoms with Crippen LogP contribution in [0.4, 0.5) is 11.4 Å². The second kappa shape index (κ2) is 5.04. The van der Waals surface area contributed by atoms with Gasteiger partial charge in [-0.05, 0) is 48.8 Å². The zero-order valence-corrected chi connectivity index (χ0v) is 13.4. The van der Waals surface area contributed by atoms with E-state index in [4.69, 9.17) is 5.73 Å². The van der Waals surface area contributed by atoms with Crippen LogP contribution in [0.25, 0.3) is 0 Å². The Kier molecular flexibility index (Phi) is 3.46. The van der Waals surface area contributed by atoms with Gasteiger partial charge in [0.05, 0.1) is 0 Å². The predicted octanol–water partition coefficient (Wildman–Crippen LogP) is 3.68. The van der Waals surface area contributed by atoms with Crippen molar-refractivity contribution in [1.29, 1.82) is 0 Å². The number of hydrogen-bond donors (Lipinski definition) is 1. The minimum atomic E-state index is 0.119. The molecule has 1 atom stereocenters. The first-order chi connectivity index (χ1) is 9.90. The molecule has 1 heterocycles. The number of nitrogens with two attached hydrogens (primary N) is 1. The maximum atomic E-state index is 13.1. The van der Waals surface area contributed by atoms with Gasteiger partial charge in [0.15, 0.2) is 0 Å². The molecule has 3 heteroatoms. The fourth-order valence-corrected chi connectivity index (χ4v) is 3.95. The van der Waals surface area contributed by atoms with Gasteiger partial charge in [-0.1, -0.05) is 32.8 Å². The molecule has 0 bridgehead atoms. The Hall–Kier alpha value is -1.51. The summed E-state index contributed by atoms with van der Waals surface area (Å²) in [7, 11) is 0. The summed E-state index contributed by atoms with van der Waals surface area (Å²) in [6.45, 7) is 7.33. The van der Waals surface area contributed by atoms with Gasteiger partial charge in [0.1, 0.15) is 0 Å². The van der Waals surface area contributed by atoms with Crippen LogP contribution in [-0.2, 0) is 11.2 Å². The summed E-state index contributed by atoms with van der Waals surface area (Å²) in [5.41, 5.74) is 10.4. The molecule has 3 nitrogen and oxygen atoms in total. The second-order valence-electron chi connectivity index (χ2n) is 7.36. The van der Waals surface area contributed by atoms with E-state index in [0.29, 0.717) is 5.91 Å². The number of hydrogen-bond acceptors (Lipinski definition) is 2. The van der Waals surface area contributed by atoms with Crippen molar-refractivity contribution in [3.05, 3.63) is 23.3 Å². The van der Waals surface area contributed by atoms with Crippen LogP contribution in [0.1, 0.15) is 50.7 Å². The van der Waals surface area contributed by atoms with Crippen LogP contribution in [0.3, 0.4) is 0 Å². The van der Waals surface area contributed by atoms with Crippen molar-refractivity contribution in [3.63, 3.8) is 0 Å². The van der Waals surface area contributed by atoms with Crippen LogP contribution in [-0.4, -0.2) is 12.5 Å². The number of rotatable bonds is 1. The molecule has 1 aromatic carbocycles. The van der Waals surface area contributed by atoms with Gasteiger partial charge in [-0.15, -0.1) is 0 Å². The van der Waals surface area contributed by atoms with Gasteiger partial charge < -0.3 is 10.6 Å². The van der Waals surface area contributed by atoms with Crippen LogP contribution in [0, 0.1) is 18.3 Å². The van der Waals surface area contributed by atoms with E-state index in [0.717, 1.165) is 42.7 Å². The van der Waals surface area contributed by atoms with Gasteiger partial charge in [0, 0.05) is 23.8 Å². The largest absolute Gasteiger partial charge is 0.398 e. The highest BCUT2D eigenvalue weighted by molar-refractivity contribution is 5.98. The minimum absolute atomic E-state index is 0.119. The number of aryl methyl sites for hydroxylation is 1. The zero-order chi connectivity index (χ0) is 15.2. The van der Waals surface area contributed by atoms with E-state index in [2.05, 4.69) is 19.9 Å². The molecule has 1 amide bonds. The Labute approximate surface area is 127 Å². The van der Waals surface area contributed by atoms with Crippen molar-refractivity contribution in [2.75, 3.05) is 17.2 Å². The number of amides is 1. The zero-order valence-electron chi connectivity index (χ0n) is 13.4. The number of nitrogen functional groups attached to an aromatic ring is 1. The van der Waals surface area contributed by atoms with Crippen molar-refractivity contribution >= 4 is 17.3 Å². The van der Waals surface area contributed by atoms with E-state index in [1.165, 1.54) is 18.4 Å². The average Bonchev–Trinajstić information content (AvgIpc) is 2.81. The van der Waals surface area contributed by atoms with Gasteiger partial charge in [0.25, 0.3) is 0 Å². The third-order valence-corrected chi connectivity index (χ3v) is 5.43. The van der Waals surface area contributed by atoms with Crippen molar-refractivity contribution in [1.82, 2.24) is 0 Å². The molecule has 1 aliphatic heterocycles. The highest BCUT2D eigenvalue weighted by Gasteiger charge is 2.40. The molecule has 1 aromatic rings. The maximum absolute atomic E-state index is 13.1. The predicted molar refractivity (Wildman–Crippen MR) is 87.4 cm³/mol. The molecule has 0 spiro atoms. The summed E-state index contributed by atoms with van der Waals surface area (Å²) in [6, 6.07) is 4.13. The molecule has 2 N–H and O–H groups in total. The van der Waals surface area contributed by atoms with Crippen molar-refractivity contribution in [3.8, 4) is 0 Å². The molecule has 1 fully saturated rings. The van der Waals surface area contributed by atoms with Gasteiger partial charge in [-0.25, -0.2) is 0 Å². The lowest BCUT2D eigenvalue weighted by atomic mass is 9.68. The number of anilines is 2. The second-order valence-corrected chi connectivity index (χ2v) is 7.36. The van der Waals surface area contributed by atoms with Crippen molar-refractivity contribution in [2.24, 2.45) is 11.3 Å². The normalized spacial score (nSPS) is 24.0. The topological polar surface area (TPSA) is 46.3 Å². The number of fused-ring (bicyclic) bond motifs is 1. The molecular formula is C18H26N2O. The fraction of sp³-hybridized carbons (Fsp3) is 0.611. The number of carbonyl (C=O) groups excluding carboxylic acids is 1. The first-order valence-electron chi connectivity index (χ1n) is 8.10. The van der Waals surface area contributed by atoms with Crippen LogP contribution < -0.4 is 10.6 Å². The smallest absolute Gasteiger partial charge is 0.230 e. The molecule has 0 radical (unpaired) electrons. The van der Waals surface area contributed by atoms with Gasteiger partial charge in [-0.3, -0.25) is 4.79 Å². The first kappa shape index (κ1) is 14.4. The molecule has 0 saturated heterocycles. The fourth-order valence-electron chi connectivity index (χ4n) is 3.95. The molecule has 3 rings (SSSR count). The lowest BCUT2D eigenvalue weighted by molar-refractivity contribution is -0.127. The average molecular weight is 286 g/mol. The summed E-state index contributed by atoms with van der Waals surface area (Å²) in [5.74, 6) is 0.460. The lowest BCUT2D eigenvalue weighted by Crippen LogP contribution is -2.43. The Bertz CT molecular complexity index is 577. The summed E-state index contributed by atoms with van der Waals surface area (Å²) >= 11 is 0. The standard InChI is InChI=1S/C18H26N2O/c1-12-10-13-7-9-20(16(13)11-15(12)19)17(21)14-6-4-5-8-18(14,2)3/h10-11,14H,4-9,19H2,1-3H3. The first-order valence-corrected chi connectivity index (χ1v) is 8.10. The Morgan fingerprint density at radius 1 is 1.33 bits per heavy atom. The van der Waals surface area contributed by atoms with Gasteiger partial charge in [0.2, 0.25) is 5.91 Å². The van der Waals surface area contributed by atoms with Crippen LogP contribution in [0.5, 0.6) is 0 Å². The molecule has 1 unspecified atom stereocenters. The van der Waals surface area contributed by atoms with E-state index in [-0.39, 0.29) is 11.3 Å². The van der Waals surface area contributed by atoms with Gasteiger partial charge in [-0.2, -0.15) is 0 Å². The maximum Gasteiger partial charge on any atom is 0.230 e. The molecule has 1 saturated carbocycles. The molecule has 0 aromatic heterocycles. The minimum Gasteiger partial charge on any atom is -0.398 e. The van der Waals surface area contributed by atoms with E-state index in [9.17, 15) is 4.79 Å². The third kappa shape index (κ3) is 2.43. The molecule has 2 aliphatic rings. The summed E-state index contributed by atoms with van der Waals surface area (Å²) < 4.78 is 0. The number of nitrogens with zero attached hydrogens (tertiary/aromatic N) is 1. The highest BCUT2D eigenvalue weighted by atomic mass is 16.2. The Balaban J connectivity index is 1.90. The van der Waals surface area contributed by atoms with Crippen LogP contribution >= 0.6 is 0 Å². The van der Waals surface area contributed by atoms with E-state index >= 15 is 0 Å². The third-order valence-electron chi connectivity index (χ3n) is 5.43.